The lowest BCUT2D eigenvalue weighted by Crippen LogP contribution is -2.12. The lowest BCUT2D eigenvalue weighted by molar-refractivity contribution is 0.331. The number of nitrogens with two attached hydrogens (primary N) is 1. The molecule has 15 heavy (non-hydrogen) atoms. The Morgan fingerprint density at radius 1 is 1.53 bits per heavy atom. The first kappa shape index (κ1) is 12.5. The van der Waals surface area contributed by atoms with Crippen molar-refractivity contribution in [2.24, 2.45) is 5.73 Å². The molecule has 4 heteroatoms. The van der Waals surface area contributed by atoms with Gasteiger partial charge in [-0.2, -0.15) is 0 Å². The van der Waals surface area contributed by atoms with Crippen LogP contribution in [0.15, 0.2) is 22.7 Å². The van der Waals surface area contributed by atoms with Crippen molar-refractivity contribution in [3.05, 3.63) is 28.2 Å². The minimum atomic E-state index is -0.417. The minimum absolute atomic E-state index is 0.311. The zero-order valence-electron chi connectivity index (χ0n) is 8.67. The zero-order chi connectivity index (χ0) is 11.3. The minimum Gasteiger partial charge on any atom is -0.494 e. The van der Waals surface area contributed by atoms with Crippen molar-refractivity contribution >= 4 is 15.9 Å². The molecule has 0 saturated carbocycles. The third kappa shape index (κ3) is 3.47. The first-order valence-corrected chi connectivity index (χ1v) is 5.72. The fourth-order valence-corrected chi connectivity index (χ4v) is 1.75. The first-order chi connectivity index (χ1) is 7.19. The molecule has 0 fully saturated rings. The Morgan fingerprint density at radius 2 is 2.27 bits per heavy atom. The second-order valence-electron chi connectivity index (χ2n) is 3.20. The van der Waals surface area contributed by atoms with E-state index in [-0.39, 0.29) is 6.04 Å². The molecule has 0 saturated heterocycles. The van der Waals surface area contributed by atoms with E-state index in [0.717, 1.165) is 15.8 Å². The van der Waals surface area contributed by atoms with Gasteiger partial charge >= 0.3 is 0 Å². The lowest BCUT2D eigenvalue weighted by atomic mass is 10.0. The van der Waals surface area contributed by atoms with E-state index in [4.69, 9.17) is 10.5 Å². The summed E-state index contributed by atoms with van der Waals surface area (Å²) in [4.78, 5) is 0. The van der Waals surface area contributed by atoms with Gasteiger partial charge in [-0.05, 0) is 31.5 Å². The van der Waals surface area contributed by atoms with Gasteiger partial charge in [-0.15, -0.1) is 0 Å². The highest BCUT2D eigenvalue weighted by atomic mass is 79.9. The molecule has 0 aromatic heterocycles. The molecule has 1 atom stereocenters. The second kappa shape index (κ2) is 6.08. The van der Waals surface area contributed by atoms with E-state index in [1.54, 1.807) is 0 Å². The maximum Gasteiger partial charge on any atom is 0.124 e. The van der Waals surface area contributed by atoms with Crippen molar-refractivity contribution < 1.29 is 9.13 Å². The lowest BCUT2D eigenvalue weighted by Gasteiger charge is -2.15. The molecule has 1 rings (SSSR count). The molecular weight excluding hydrogens is 261 g/mol. The van der Waals surface area contributed by atoms with Crippen LogP contribution in [0.4, 0.5) is 4.39 Å². The molecule has 0 bridgehead atoms. The largest absolute Gasteiger partial charge is 0.494 e. The number of benzene rings is 1. The number of hydrogen-bond donors (Lipinski definition) is 1. The van der Waals surface area contributed by atoms with Crippen molar-refractivity contribution in [3.8, 4) is 5.75 Å². The molecule has 1 aromatic rings. The van der Waals surface area contributed by atoms with Crippen LogP contribution in [0.3, 0.4) is 0 Å². The Morgan fingerprint density at radius 3 is 2.87 bits per heavy atom. The van der Waals surface area contributed by atoms with E-state index in [2.05, 4.69) is 15.9 Å². The quantitative estimate of drug-likeness (QED) is 0.896. The maximum atomic E-state index is 12.2. The Bertz CT molecular complexity index is 319. The molecule has 0 aliphatic rings. The predicted molar refractivity (Wildman–Crippen MR) is 62.8 cm³/mol. The third-order valence-electron chi connectivity index (χ3n) is 2.09. The van der Waals surface area contributed by atoms with Crippen LogP contribution in [0, 0.1) is 0 Å². The van der Waals surface area contributed by atoms with Crippen molar-refractivity contribution in [1.29, 1.82) is 0 Å². The van der Waals surface area contributed by atoms with Crippen molar-refractivity contribution in [2.75, 3.05) is 13.3 Å². The topological polar surface area (TPSA) is 35.2 Å². The molecule has 0 unspecified atom stereocenters. The number of rotatable bonds is 5. The molecule has 0 aliphatic carbocycles. The fraction of sp³-hybridized carbons (Fsp3) is 0.455. The Hall–Kier alpha value is -0.610. The molecule has 1 aromatic carbocycles. The molecule has 0 radical (unpaired) electrons. The molecule has 0 heterocycles. The highest BCUT2D eigenvalue weighted by molar-refractivity contribution is 9.10. The second-order valence-corrected chi connectivity index (χ2v) is 4.11. The van der Waals surface area contributed by atoms with E-state index in [1.807, 2.05) is 25.1 Å². The van der Waals surface area contributed by atoms with Crippen LogP contribution in [0.5, 0.6) is 5.75 Å². The van der Waals surface area contributed by atoms with Gasteiger partial charge in [0.15, 0.2) is 0 Å². The number of hydrogen-bond acceptors (Lipinski definition) is 2. The molecule has 0 spiro atoms. The van der Waals surface area contributed by atoms with E-state index >= 15 is 0 Å². The smallest absolute Gasteiger partial charge is 0.124 e. The summed E-state index contributed by atoms with van der Waals surface area (Å²) >= 11 is 3.36. The predicted octanol–water partition coefficient (Wildman–Crippen LogP) is 3.21. The van der Waals surface area contributed by atoms with Gasteiger partial charge in [0, 0.05) is 16.1 Å². The summed E-state index contributed by atoms with van der Waals surface area (Å²) in [7, 11) is 0. The summed E-state index contributed by atoms with van der Waals surface area (Å²) in [6.07, 6.45) is 0.316. The molecule has 2 nitrogen and oxygen atoms in total. The highest BCUT2D eigenvalue weighted by Gasteiger charge is 2.12. The van der Waals surface area contributed by atoms with E-state index in [0.29, 0.717) is 13.0 Å². The molecule has 2 N–H and O–H groups in total. The van der Waals surface area contributed by atoms with Crippen LogP contribution in [0.25, 0.3) is 0 Å². The standard InChI is InChI=1S/C11H15BrFNO/c1-2-15-11-4-3-8(12)7-9(11)10(14)5-6-13/h3-4,7,10H,2,5-6,14H2,1H3/t10-/m1/s1. The molecular formula is C11H15BrFNO. The van der Waals surface area contributed by atoms with Gasteiger partial charge in [0.2, 0.25) is 0 Å². The molecule has 84 valence electrons. The van der Waals surface area contributed by atoms with Crippen LogP contribution in [0.2, 0.25) is 0 Å². The van der Waals surface area contributed by atoms with Crippen molar-refractivity contribution in [1.82, 2.24) is 0 Å². The van der Waals surface area contributed by atoms with Crippen LogP contribution >= 0.6 is 15.9 Å². The highest BCUT2D eigenvalue weighted by Crippen LogP contribution is 2.29. The maximum absolute atomic E-state index is 12.2. The summed E-state index contributed by atoms with van der Waals surface area (Å²) in [5.74, 6) is 0.738. The SMILES string of the molecule is CCOc1ccc(Br)cc1[C@H](N)CCF. The number of halogens is 2. The van der Waals surface area contributed by atoms with Gasteiger partial charge in [0.05, 0.1) is 13.3 Å². The molecule has 0 aliphatic heterocycles. The Kier molecular flexibility index (Phi) is 5.05. The Balaban J connectivity index is 2.95. The van der Waals surface area contributed by atoms with Crippen LogP contribution in [-0.4, -0.2) is 13.3 Å². The summed E-state index contributed by atoms with van der Waals surface area (Å²) in [6.45, 7) is 2.07. The Labute approximate surface area is 97.7 Å². The average Bonchev–Trinajstić information content (AvgIpc) is 2.21. The van der Waals surface area contributed by atoms with Crippen molar-refractivity contribution in [3.63, 3.8) is 0 Å². The normalized spacial score (nSPS) is 12.5. The van der Waals surface area contributed by atoms with Gasteiger partial charge in [0.1, 0.15) is 5.75 Å². The van der Waals surface area contributed by atoms with E-state index in [9.17, 15) is 4.39 Å². The van der Waals surface area contributed by atoms with E-state index in [1.165, 1.54) is 0 Å². The average molecular weight is 276 g/mol. The van der Waals surface area contributed by atoms with Crippen LogP contribution < -0.4 is 10.5 Å². The first-order valence-electron chi connectivity index (χ1n) is 4.92. The fourth-order valence-electron chi connectivity index (χ4n) is 1.37. The van der Waals surface area contributed by atoms with Gasteiger partial charge < -0.3 is 10.5 Å². The van der Waals surface area contributed by atoms with Crippen LogP contribution in [-0.2, 0) is 0 Å². The number of alkyl halides is 1. The summed E-state index contributed by atoms with van der Waals surface area (Å²) < 4.78 is 18.6. The monoisotopic (exact) mass is 275 g/mol. The molecule has 0 amide bonds. The third-order valence-corrected chi connectivity index (χ3v) is 2.58. The summed E-state index contributed by atoms with van der Waals surface area (Å²) in [5, 5.41) is 0. The zero-order valence-corrected chi connectivity index (χ0v) is 10.3. The van der Waals surface area contributed by atoms with Gasteiger partial charge in [-0.3, -0.25) is 4.39 Å². The van der Waals surface area contributed by atoms with E-state index < -0.39 is 6.67 Å². The van der Waals surface area contributed by atoms with Gasteiger partial charge in [0.25, 0.3) is 0 Å². The summed E-state index contributed by atoms with van der Waals surface area (Å²) in [6, 6.07) is 5.30. The van der Waals surface area contributed by atoms with Gasteiger partial charge in [-0.1, -0.05) is 15.9 Å². The number of ether oxygens (including phenoxy) is 1. The summed E-state index contributed by atoms with van der Waals surface area (Å²) in [5.41, 5.74) is 6.72. The van der Waals surface area contributed by atoms with Gasteiger partial charge in [-0.25, -0.2) is 0 Å². The van der Waals surface area contributed by atoms with Crippen molar-refractivity contribution in [2.45, 2.75) is 19.4 Å². The van der Waals surface area contributed by atoms with Crippen LogP contribution in [0.1, 0.15) is 24.9 Å².